The van der Waals surface area contributed by atoms with Crippen molar-refractivity contribution in [1.29, 1.82) is 0 Å². The summed E-state index contributed by atoms with van der Waals surface area (Å²) >= 11 is 0. The molecule has 9 heteroatoms. The van der Waals surface area contributed by atoms with Gasteiger partial charge in [-0.3, -0.25) is 9.59 Å². The van der Waals surface area contributed by atoms with Gasteiger partial charge < -0.3 is 35.2 Å². The summed E-state index contributed by atoms with van der Waals surface area (Å²) in [7, 11) is 0. The van der Waals surface area contributed by atoms with Crippen molar-refractivity contribution in [3.05, 3.63) is 0 Å². The molecule has 0 radical (unpaired) electrons. The zero-order valence-electron chi connectivity index (χ0n) is 15.2. The summed E-state index contributed by atoms with van der Waals surface area (Å²) < 4.78 is 26.2. The van der Waals surface area contributed by atoms with Crippen LogP contribution in [0.2, 0.25) is 0 Å². The average molecular weight is 364 g/mol. The van der Waals surface area contributed by atoms with Crippen LogP contribution >= 0.6 is 0 Å². The number of carbonyl (C=O) groups is 2. The Balaban J connectivity index is 3.51. The van der Waals surface area contributed by atoms with Gasteiger partial charge >= 0.3 is 11.9 Å². The highest BCUT2D eigenvalue weighted by molar-refractivity contribution is 5.69. The Bertz CT molecular complexity index is 323. The van der Waals surface area contributed by atoms with Crippen LogP contribution in [0.1, 0.15) is 26.7 Å². The van der Waals surface area contributed by atoms with E-state index in [0.29, 0.717) is 26.4 Å². The van der Waals surface area contributed by atoms with Gasteiger partial charge in [-0.25, -0.2) is 0 Å². The summed E-state index contributed by atoms with van der Waals surface area (Å²) in [5.74, 6) is -0.648. The summed E-state index contributed by atoms with van der Waals surface area (Å²) in [5.41, 5.74) is 10.5. The van der Waals surface area contributed by atoms with E-state index >= 15 is 0 Å². The minimum absolute atomic E-state index is 0.124. The van der Waals surface area contributed by atoms with Crippen molar-refractivity contribution in [3.8, 4) is 0 Å². The quantitative estimate of drug-likeness (QED) is 0.277. The lowest BCUT2D eigenvalue weighted by atomic mass is 10.4. The van der Waals surface area contributed by atoms with Crippen molar-refractivity contribution < 1.29 is 33.3 Å². The van der Waals surface area contributed by atoms with Gasteiger partial charge in [-0.15, -0.1) is 0 Å². The Morgan fingerprint density at radius 3 is 1.52 bits per heavy atom. The smallest absolute Gasteiger partial charge is 0.307 e. The molecule has 0 saturated carbocycles. The lowest BCUT2D eigenvalue weighted by Gasteiger charge is -2.19. The molecule has 0 aromatic carbocycles. The number of hydrogen-bond acceptors (Lipinski definition) is 9. The van der Waals surface area contributed by atoms with Crippen LogP contribution in [-0.2, 0) is 33.3 Å². The topological polar surface area (TPSA) is 132 Å². The lowest BCUT2D eigenvalue weighted by Crippen LogP contribution is -2.26. The van der Waals surface area contributed by atoms with E-state index in [-0.39, 0.29) is 63.3 Å². The van der Waals surface area contributed by atoms with E-state index in [0.717, 1.165) is 0 Å². The fourth-order valence-corrected chi connectivity index (χ4v) is 1.78. The highest BCUT2D eigenvalue weighted by Crippen LogP contribution is 2.00. The minimum atomic E-state index is -0.324. The fraction of sp³-hybridized carbons (Fsp3) is 0.875. The van der Waals surface area contributed by atoms with Crippen LogP contribution in [0.5, 0.6) is 0 Å². The Morgan fingerprint density at radius 1 is 0.760 bits per heavy atom. The van der Waals surface area contributed by atoms with Crippen molar-refractivity contribution in [2.45, 2.75) is 38.9 Å². The van der Waals surface area contributed by atoms with Gasteiger partial charge in [-0.05, 0) is 13.8 Å². The third-order valence-electron chi connectivity index (χ3n) is 2.85. The lowest BCUT2D eigenvalue weighted by molar-refractivity contribution is -0.145. The summed E-state index contributed by atoms with van der Waals surface area (Å²) in [4.78, 5) is 22.1. The molecule has 0 amide bonds. The minimum Gasteiger partial charge on any atom is -0.463 e. The van der Waals surface area contributed by atoms with Crippen LogP contribution in [0.4, 0.5) is 0 Å². The molecule has 4 N–H and O–H groups in total. The molecule has 0 fully saturated rings. The first-order valence-corrected chi connectivity index (χ1v) is 8.51. The largest absolute Gasteiger partial charge is 0.463 e. The molecule has 0 saturated heterocycles. The van der Waals surface area contributed by atoms with Gasteiger partial charge in [0.05, 0.1) is 51.5 Å². The van der Waals surface area contributed by atoms with Crippen LogP contribution in [0, 0.1) is 0 Å². The second kappa shape index (κ2) is 16.2. The Kier molecular flexibility index (Phi) is 15.4. The predicted molar refractivity (Wildman–Crippen MR) is 90.9 cm³/mol. The van der Waals surface area contributed by atoms with Gasteiger partial charge in [0.1, 0.15) is 13.2 Å². The average Bonchev–Trinajstić information content (AvgIpc) is 2.54. The third kappa shape index (κ3) is 16.0. The van der Waals surface area contributed by atoms with Crippen LogP contribution in [-0.4, -0.2) is 76.9 Å². The molecular weight excluding hydrogens is 332 g/mol. The zero-order valence-corrected chi connectivity index (χ0v) is 15.2. The second-order valence-corrected chi connectivity index (χ2v) is 5.43. The second-order valence-electron chi connectivity index (χ2n) is 5.43. The predicted octanol–water partition coefficient (Wildman–Crippen LogP) is -0.403. The molecule has 148 valence electrons. The van der Waals surface area contributed by atoms with Crippen molar-refractivity contribution in [1.82, 2.24) is 0 Å². The van der Waals surface area contributed by atoms with E-state index in [1.54, 1.807) is 0 Å². The van der Waals surface area contributed by atoms with Gasteiger partial charge in [0, 0.05) is 13.1 Å². The maximum atomic E-state index is 11.1. The third-order valence-corrected chi connectivity index (χ3v) is 2.85. The van der Waals surface area contributed by atoms with Gasteiger partial charge in [-0.1, -0.05) is 0 Å². The first-order valence-electron chi connectivity index (χ1n) is 8.51. The summed E-state index contributed by atoms with van der Waals surface area (Å²) in [6.07, 6.45) is 0.174. The first-order chi connectivity index (χ1) is 12.0. The summed E-state index contributed by atoms with van der Waals surface area (Å²) in [5, 5.41) is 0. The van der Waals surface area contributed by atoms with E-state index < -0.39 is 0 Å². The van der Waals surface area contributed by atoms with E-state index in [1.807, 2.05) is 13.8 Å². The molecule has 2 atom stereocenters. The molecule has 0 bridgehead atoms. The van der Waals surface area contributed by atoms with E-state index in [4.69, 9.17) is 35.2 Å². The molecule has 0 aliphatic heterocycles. The number of nitrogens with two attached hydrogens (primary N) is 2. The van der Waals surface area contributed by atoms with Gasteiger partial charge in [0.2, 0.25) is 0 Å². The maximum Gasteiger partial charge on any atom is 0.307 e. The Hall–Kier alpha value is -1.26. The molecule has 0 heterocycles. The number of carbonyl (C=O) groups excluding carboxylic acids is 2. The monoisotopic (exact) mass is 364 g/mol. The molecule has 0 aromatic heterocycles. The van der Waals surface area contributed by atoms with Crippen molar-refractivity contribution in [3.63, 3.8) is 0 Å². The van der Waals surface area contributed by atoms with Crippen molar-refractivity contribution >= 4 is 11.9 Å². The first kappa shape index (κ1) is 23.7. The molecule has 0 aromatic rings. The maximum absolute atomic E-state index is 11.1. The molecule has 0 rings (SSSR count). The van der Waals surface area contributed by atoms with Crippen molar-refractivity contribution in [2.24, 2.45) is 11.5 Å². The molecular formula is C16H32N2O7. The Labute approximate surface area is 149 Å². The molecule has 2 unspecified atom stereocenters. The number of rotatable bonds is 16. The molecule has 0 spiro atoms. The number of hydrogen-bond donors (Lipinski definition) is 2. The van der Waals surface area contributed by atoms with E-state index in [9.17, 15) is 9.59 Å². The van der Waals surface area contributed by atoms with E-state index in [1.165, 1.54) is 0 Å². The SMILES string of the molecule is CC(COCCOC(=O)CCN)OC(C)COCCOC(=O)CCN. The van der Waals surface area contributed by atoms with E-state index in [2.05, 4.69) is 0 Å². The number of ether oxygens (including phenoxy) is 5. The van der Waals surface area contributed by atoms with Crippen LogP contribution in [0.3, 0.4) is 0 Å². The zero-order chi connectivity index (χ0) is 18.9. The van der Waals surface area contributed by atoms with Crippen LogP contribution in [0.25, 0.3) is 0 Å². The van der Waals surface area contributed by atoms with Crippen LogP contribution in [0.15, 0.2) is 0 Å². The van der Waals surface area contributed by atoms with Gasteiger partial charge in [0.25, 0.3) is 0 Å². The summed E-state index contributed by atoms with van der Waals surface area (Å²) in [6, 6.07) is 0. The molecule has 9 nitrogen and oxygen atoms in total. The molecule has 25 heavy (non-hydrogen) atoms. The summed E-state index contributed by atoms with van der Waals surface area (Å²) in [6.45, 7) is 6.11. The standard InChI is InChI=1S/C16H32N2O7/c1-13(11-21-7-9-23-15(19)3-5-17)25-14(2)12-22-8-10-24-16(20)4-6-18/h13-14H,3-12,17-18H2,1-2H3. The normalized spacial score (nSPS) is 13.3. The van der Waals surface area contributed by atoms with Gasteiger partial charge in [0.15, 0.2) is 0 Å². The highest BCUT2D eigenvalue weighted by atomic mass is 16.6. The number of esters is 2. The fourth-order valence-electron chi connectivity index (χ4n) is 1.78. The van der Waals surface area contributed by atoms with Crippen molar-refractivity contribution in [2.75, 3.05) is 52.7 Å². The Morgan fingerprint density at radius 2 is 1.16 bits per heavy atom. The van der Waals surface area contributed by atoms with Gasteiger partial charge in [-0.2, -0.15) is 0 Å². The molecule has 0 aliphatic rings. The van der Waals surface area contributed by atoms with Crippen LogP contribution < -0.4 is 11.5 Å². The molecule has 0 aliphatic carbocycles. The highest BCUT2D eigenvalue weighted by Gasteiger charge is 2.10.